The number of aryl methyl sites for hydroxylation is 2. The van der Waals surface area contributed by atoms with Gasteiger partial charge in [0, 0.05) is 18.8 Å². The van der Waals surface area contributed by atoms with Crippen molar-refractivity contribution in [3.8, 4) is 0 Å². The molecule has 19 heavy (non-hydrogen) atoms. The molecule has 0 fully saturated rings. The van der Waals surface area contributed by atoms with E-state index in [-0.39, 0.29) is 12.5 Å². The highest BCUT2D eigenvalue weighted by molar-refractivity contribution is 5.93. The Labute approximate surface area is 112 Å². The average Bonchev–Trinajstić information content (AvgIpc) is 2.80. The molecule has 0 spiro atoms. The van der Waals surface area contributed by atoms with Crippen molar-refractivity contribution in [2.24, 2.45) is 0 Å². The first-order valence-corrected chi connectivity index (χ1v) is 6.26. The molecule has 1 aromatic heterocycles. The Balaban J connectivity index is 2.05. The van der Waals surface area contributed by atoms with E-state index in [0.29, 0.717) is 11.4 Å². The third kappa shape index (κ3) is 3.13. The second-order valence-electron chi connectivity index (χ2n) is 4.46. The summed E-state index contributed by atoms with van der Waals surface area (Å²) < 4.78 is 1.83. The molecule has 2 aromatic rings. The molecule has 1 heterocycles. The van der Waals surface area contributed by atoms with Crippen LogP contribution in [0.4, 0.5) is 11.4 Å². The van der Waals surface area contributed by atoms with Crippen LogP contribution in [0.15, 0.2) is 30.6 Å². The molecule has 0 saturated heterocycles. The van der Waals surface area contributed by atoms with Gasteiger partial charge in [0.25, 0.3) is 0 Å². The van der Waals surface area contributed by atoms with E-state index in [1.807, 2.05) is 36.6 Å². The summed E-state index contributed by atoms with van der Waals surface area (Å²) in [6.07, 6.45) is 4.30. The van der Waals surface area contributed by atoms with Gasteiger partial charge in [0.05, 0.1) is 11.4 Å². The number of benzene rings is 1. The topological polar surface area (TPSA) is 72.9 Å². The van der Waals surface area contributed by atoms with E-state index in [0.717, 1.165) is 17.8 Å². The van der Waals surface area contributed by atoms with Crippen LogP contribution >= 0.6 is 0 Å². The van der Waals surface area contributed by atoms with Crippen molar-refractivity contribution in [2.75, 3.05) is 11.1 Å². The van der Waals surface area contributed by atoms with Gasteiger partial charge in [0.2, 0.25) is 5.91 Å². The largest absolute Gasteiger partial charge is 0.397 e. The number of nitrogens with two attached hydrogens (primary N) is 1. The summed E-state index contributed by atoms with van der Waals surface area (Å²) in [6, 6.07) is 5.57. The molecule has 2 rings (SSSR count). The zero-order valence-corrected chi connectivity index (χ0v) is 11.2. The highest BCUT2D eigenvalue weighted by Crippen LogP contribution is 2.19. The lowest BCUT2D eigenvalue weighted by molar-refractivity contribution is -0.116. The summed E-state index contributed by atoms with van der Waals surface area (Å²) in [6.45, 7) is 4.21. The van der Waals surface area contributed by atoms with Crippen molar-refractivity contribution in [1.29, 1.82) is 0 Å². The number of aromatic nitrogens is 2. The van der Waals surface area contributed by atoms with E-state index in [1.165, 1.54) is 0 Å². The van der Waals surface area contributed by atoms with Crippen LogP contribution < -0.4 is 11.1 Å². The van der Waals surface area contributed by atoms with Gasteiger partial charge in [-0.2, -0.15) is 0 Å². The second-order valence-corrected chi connectivity index (χ2v) is 4.46. The summed E-state index contributed by atoms with van der Waals surface area (Å²) in [5, 5.41) is 2.81. The number of nitrogen functional groups attached to an aromatic ring is 1. The number of hydrogen-bond acceptors (Lipinski definition) is 3. The average molecular weight is 258 g/mol. The minimum Gasteiger partial charge on any atom is -0.397 e. The molecule has 0 atom stereocenters. The summed E-state index contributed by atoms with van der Waals surface area (Å²) >= 11 is 0. The monoisotopic (exact) mass is 258 g/mol. The molecule has 0 aliphatic heterocycles. The minimum absolute atomic E-state index is 0.108. The van der Waals surface area contributed by atoms with Crippen LogP contribution in [0.1, 0.15) is 18.3 Å². The van der Waals surface area contributed by atoms with Crippen molar-refractivity contribution in [3.63, 3.8) is 0 Å². The number of hydrogen-bond donors (Lipinski definition) is 2. The highest BCUT2D eigenvalue weighted by Gasteiger charge is 2.08. The fraction of sp³-hybridized carbons (Fsp3) is 0.286. The predicted octanol–water partition coefficient (Wildman–Crippen LogP) is 1.97. The van der Waals surface area contributed by atoms with Crippen LogP contribution in [0.3, 0.4) is 0 Å². The lowest BCUT2D eigenvalue weighted by Crippen LogP contribution is -2.20. The molecule has 5 nitrogen and oxygen atoms in total. The lowest BCUT2D eigenvalue weighted by atomic mass is 10.2. The molecule has 3 N–H and O–H groups in total. The minimum atomic E-state index is -0.108. The normalized spacial score (nSPS) is 10.4. The number of nitrogens with one attached hydrogen (secondary N) is 1. The number of imidazole rings is 1. The van der Waals surface area contributed by atoms with Crippen molar-refractivity contribution in [1.82, 2.24) is 9.55 Å². The maximum atomic E-state index is 12.0. The van der Waals surface area contributed by atoms with E-state index in [4.69, 9.17) is 5.73 Å². The van der Waals surface area contributed by atoms with Crippen LogP contribution in [0.25, 0.3) is 0 Å². The molecular formula is C14H18N4O. The number of amides is 1. The van der Waals surface area contributed by atoms with Crippen LogP contribution in [0, 0.1) is 6.92 Å². The van der Waals surface area contributed by atoms with E-state index in [1.54, 1.807) is 12.4 Å². The Bertz CT molecular complexity index is 589. The summed E-state index contributed by atoms with van der Waals surface area (Å²) in [5.74, 6) is 0.787. The number of nitrogens with zero attached hydrogens (tertiary/aromatic N) is 2. The molecule has 5 heteroatoms. The van der Waals surface area contributed by atoms with Gasteiger partial charge in [-0.25, -0.2) is 4.98 Å². The summed E-state index contributed by atoms with van der Waals surface area (Å²) in [4.78, 5) is 16.2. The van der Waals surface area contributed by atoms with Gasteiger partial charge >= 0.3 is 0 Å². The number of carbonyl (C=O) groups excluding carboxylic acids is 1. The van der Waals surface area contributed by atoms with Gasteiger partial charge in [0.1, 0.15) is 12.4 Å². The van der Waals surface area contributed by atoms with Gasteiger partial charge in [-0.05, 0) is 24.6 Å². The Morgan fingerprint density at radius 1 is 1.47 bits per heavy atom. The fourth-order valence-electron chi connectivity index (χ4n) is 1.94. The van der Waals surface area contributed by atoms with Crippen molar-refractivity contribution in [3.05, 3.63) is 42.0 Å². The fourth-order valence-corrected chi connectivity index (χ4v) is 1.94. The maximum absolute atomic E-state index is 12.0. The zero-order chi connectivity index (χ0) is 13.8. The van der Waals surface area contributed by atoms with Crippen LogP contribution in [0.2, 0.25) is 0 Å². The van der Waals surface area contributed by atoms with Gasteiger partial charge in [-0.1, -0.05) is 13.0 Å². The predicted molar refractivity (Wildman–Crippen MR) is 75.8 cm³/mol. The van der Waals surface area contributed by atoms with Crippen LogP contribution in [-0.2, 0) is 17.8 Å². The molecule has 100 valence electrons. The van der Waals surface area contributed by atoms with Crippen molar-refractivity contribution >= 4 is 17.3 Å². The number of rotatable bonds is 4. The molecular weight excluding hydrogens is 240 g/mol. The third-order valence-electron chi connectivity index (χ3n) is 2.91. The van der Waals surface area contributed by atoms with E-state index in [9.17, 15) is 4.79 Å². The van der Waals surface area contributed by atoms with Crippen LogP contribution in [-0.4, -0.2) is 15.5 Å². The third-order valence-corrected chi connectivity index (χ3v) is 2.91. The Hall–Kier alpha value is -2.30. The molecule has 1 aromatic carbocycles. The first kappa shape index (κ1) is 13.1. The van der Waals surface area contributed by atoms with Crippen LogP contribution in [0.5, 0.6) is 0 Å². The lowest BCUT2D eigenvalue weighted by Gasteiger charge is -2.10. The Morgan fingerprint density at radius 2 is 2.26 bits per heavy atom. The standard InChI is InChI=1S/C14H18N4O/c1-3-13-16-6-7-18(13)9-14(19)17-12-5-4-10(2)8-11(12)15/h4-8H,3,9,15H2,1-2H3,(H,17,19). The van der Waals surface area contributed by atoms with E-state index >= 15 is 0 Å². The summed E-state index contributed by atoms with van der Waals surface area (Å²) in [5.41, 5.74) is 8.16. The molecule has 1 amide bonds. The molecule has 0 unspecified atom stereocenters. The molecule has 0 radical (unpaired) electrons. The quantitative estimate of drug-likeness (QED) is 0.823. The van der Waals surface area contributed by atoms with E-state index in [2.05, 4.69) is 10.3 Å². The first-order chi connectivity index (χ1) is 9.10. The van der Waals surface area contributed by atoms with Gasteiger partial charge in [0.15, 0.2) is 0 Å². The maximum Gasteiger partial charge on any atom is 0.244 e. The van der Waals surface area contributed by atoms with Crippen molar-refractivity contribution < 1.29 is 4.79 Å². The molecule has 0 aliphatic carbocycles. The first-order valence-electron chi connectivity index (χ1n) is 6.26. The van der Waals surface area contributed by atoms with Gasteiger partial charge in [-0.3, -0.25) is 4.79 Å². The van der Waals surface area contributed by atoms with E-state index < -0.39 is 0 Å². The molecule has 0 bridgehead atoms. The summed E-state index contributed by atoms with van der Waals surface area (Å²) in [7, 11) is 0. The Morgan fingerprint density at radius 3 is 2.95 bits per heavy atom. The molecule has 0 aliphatic rings. The smallest absolute Gasteiger partial charge is 0.244 e. The van der Waals surface area contributed by atoms with Gasteiger partial charge in [-0.15, -0.1) is 0 Å². The SMILES string of the molecule is CCc1nccn1CC(=O)Nc1ccc(C)cc1N. The zero-order valence-electron chi connectivity index (χ0n) is 11.2. The highest BCUT2D eigenvalue weighted by atomic mass is 16.1. The number of carbonyl (C=O) groups is 1. The molecule has 0 saturated carbocycles. The Kier molecular flexibility index (Phi) is 3.85. The van der Waals surface area contributed by atoms with Gasteiger partial charge < -0.3 is 15.6 Å². The van der Waals surface area contributed by atoms with Crippen molar-refractivity contribution in [2.45, 2.75) is 26.8 Å². The second kappa shape index (κ2) is 5.56. The number of anilines is 2.